The number of aliphatic imine (C=N–C) groups is 1. The molecule has 0 radical (unpaired) electrons. The Morgan fingerprint density at radius 3 is 2.43 bits per heavy atom. The molecule has 7 heteroatoms. The minimum Gasteiger partial charge on any atom is -0.491 e. The van der Waals surface area contributed by atoms with Gasteiger partial charge in [-0.15, -0.1) is 24.0 Å². The van der Waals surface area contributed by atoms with Crippen LogP contribution in [0.3, 0.4) is 0 Å². The summed E-state index contributed by atoms with van der Waals surface area (Å²) in [5.74, 6) is 1.86. The molecule has 0 bridgehead atoms. The highest BCUT2D eigenvalue weighted by Crippen LogP contribution is 2.16. The molecule has 0 saturated carbocycles. The smallest absolute Gasteiger partial charge is 0.193 e. The molecule has 1 aliphatic rings. The van der Waals surface area contributed by atoms with Gasteiger partial charge < -0.3 is 24.4 Å². The fraction of sp³-hybridized carbons (Fsp3) is 0.667. The highest BCUT2D eigenvalue weighted by atomic mass is 127. The van der Waals surface area contributed by atoms with E-state index < -0.39 is 0 Å². The molecule has 0 spiro atoms. The first kappa shape index (κ1) is 25.0. The number of nitrogens with zero attached hydrogens (tertiary/aromatic N) is 2. The Labute approximate surface area is 187 Å². The van der Waals surface area contributed by atoms with E-state index >= 15 is 0 Å². The average Bonchev–Trinajstić information content (AvgIpc) is 2.67. The molecule has 0 aliphatic carbocycles. The molecule has 6 nitrogen and oxygen atoms in total. The van der Waals surface area contributed by atoms with Crippen LogP contribution < -0.4 is 10.1 Å². The van der Waals surface area contributed by atoms with Crippen molar-refractivity contribution in [1.29, 1.82) is 0 Å². The number of nitrogens with one attached hydrogen (secondary N) is 1. The number of guanidine groups is 1. The lowest BCUT2D eigenvalue weighted by Gasteiger charge is -2.34. The number of ether oxygens (including phenoxy) is 3. The summed E-state index contributed by atoms with van der Waals surface area (Å²) in [5.41, 5.74) is 1.21. The number of benzene rings is 1. The lowest BCUT2D eigenvalue weighted by atomic mass is 10.1. The van der Waals surface area contributed by atoms with Crippen LogP contribution in [0.4, 0.5) is 0 Å². The summed E-state index contributed by atoms with van der Waals surface area (Å²) in [6.45, 7) is 8.30. The van der Waals surface area contributed by atoms with Crippen LogP contribution in [-0.4, -0.2) is 63.5 Å². The van der Waals surface area contributed by atoms with Crippen molar-refractivity contribution in [2.45, 2.75) is 51.9 Å². The maximum absolute atomic E-state index is 5.94. The summed E-state index contributed by atoms with van der Waals surface area (Å²) in [6, 6.07) is 8.23. The summed E-state index contributed by atoms with van der Waals surface area (Å²) in [5, 5.41) is 3.47. The number of hydrogen-bond donors (Lipinski definition) is 1. The minimum absolute atomic E-state index is 0. The van der Waals surface area contributed by atoms with Crippen LogP contribution >= 0.6 is 24.0 Å². The molecule has 1 N–H and O–H groups in total. The highest BCUT2D eigenvalue weighted by molar-refractivity contribution is 14.0. The summed E-state index contributed by atoms with van der Waals surface area (Å²) < 4.78 is 16.7. The first-order valence-corrected chi connectivity index (χ1v) is 9.94. The molecule has 1 fully saturated rings. The molecular weight excluding hydrogens is 469 g/mol. The normalized spacial score (nSPS) is 15.5. The molecule has 1 heterocycles. The van der Waals surface area contributed by atoms with Crippen LogP contribution in [0.5, 0.6) is 5.75 Å². The van der Waals surface area contributed by atoms with E-state index in [2.05, 4.69) is 27.3 Å². The third-order valence-corrected chi connectivity index (χ3v) is 4.55. The number of rotatable bonds is 9. The second-order valence-electron chi connectivity index (χ2n) is 7.11. The monoisotopic (exact) mass is 505 g/mol. The Morgan fingerprint density at radius 1 is 1.18 bits per heavy atom. The van der Waals surface area contributed by atoms with Gasteiger partial charge in [-0.1, -0.05) is 12.1 Å². The van der Waals surface area contributed by atoms with Crippen LogP contribution in [0, 0.1) is 0 Å². The lowest BCUT2D eigenvalue weighted by Crippen LogP contribution is -2.46. The Balaban J connectivity index is 0.00000392. The molecule has 1 aromatic rings. The van der Waals surface area contributed by atoms with Crippen LogP contribution in [0.1, 0.15) is 38.7 Å². The Bertz CT molecular complexity index is 559. The predicted octanol–water partition coefficient (Wildman–Crippen LogP) is 3.68. The topological polar surface area (TPSA) is 55.3 Å². The summed E-state index contributed by atoms with van der Waals surface area (Å²) in [6.07, 6.45) is 3.58. The van der Waals surface area contributed by atoms with Crippen LogP contribution in [0.15, 0.2) is 29.3 Å². The van der Waals surface area contributed by atoms with E-state index in [9.17, 15) is 0 Å². The molecule has 0 atom stereocenters. The quantitative estimate of drug-likeness (QED) is 0.240. The van der Waals surface area contributed by atoms with E-state index in [1.165, 1.54) is 5.56 Å². The summed E-state index contributed by atoms with van der Waals surface area (Å²) in [4.78, 5) is 6.76. The van der Waals surface area contributed by atoms with E-state index in [0.717, 1.165) is 63.8 Å². The molecule has 2 rings (SSSR count). The fourth-order valence-corrected chi connectivity index (χ4v) is 3.16. The van der Waals surface area contributed by atoms with Crippen molar-refractivity contribution in [2.75, 3.05) is 40.5 Å². The summed E-state index contributed by atoms with van der Waals surface area (Å²) >= 11 is 0. The van der Waals surface area contributed by atoms with Crippen LogP contribution in [0.25, 0.3) is 0 Å². The van der Waals surface area contributed by atoms with Crippen molar-refractivity contribution < 1.29 is 14.2 Å². The Hall–Kier alpha value is -1.06. The van der Waals surface area contributed by atoms with E-state index in [1.807, 2.05) is 33.0 Å². The number of hydrogen-bond acceptors (Lipinski definition) is 4. The van der Waals surface area contributed by atoms with Crippen molar-refractivity contribution in [2.24, 2.45) is 4.99 Å². The highest BCUT2D eigenvalue weighted by Gasteiger charge is 2.21. The number of methoxy groups -OCH3 is 1. The zero-order valence-corrected chi connectivity index (χ0v) is 20.0. The van der Waals surface area contributed by atoms with Gasteiger partial charge in [-0.25, -0.2) is 0 Å². The SMILES string of the molecule is CN=C(NCc1ccc(OC(C)C)cc1)N1CCC(OCCCOC)CC1.I. The van der Waals surface area contributed by atoms with E-state index in [1.54, 1.807) is 7.11 Å². The Kier molecular flexibility index (Phi) is 12.5. The van der Waals surface area contributed by atoms with Gasteiger partial charge in [0.25, 0.3) is 0 Å². The molecule has 0 amide bonds. The van der Waals surface area contributed by atoms with E-state index in [0.29, 0.717) is 6.10 Å². The van der Waals surface area contributed by atoms with Crippen molar-refractivity contribution >= 4 is 29.9 Å². The fourth-order valence-electron chi connectivity index (χ4n) is 3.16. The first-order valence-electron chi connectivity index (χ1n) is 9.94. The molecule has 1 aromatic carbocycles. The molecule has 28 heavy (non-hydrogen) atoms. The predicted molar refractivity (Wildman–Crippen MR) is 125 cm³/mol. The van der Waals surface area contributed by atoms with E-state index in [-0.39, 0.29) is 30.1 Å². The van der Waals surface area contributed by atoms with Gasteiger partial charge in [0.1, 0.15) is 5.75 Å². The van der Waals surface area contributed by atoms with Gasteiger partial charge in [0.05, 0.1) is 12.2 Å². The van der Waals surface area contributed by atoms with Crippen molar-refractivity contribution in [3.05, 3.63) is 29.8 Å². The van der Waals surface area contributed by atoms with Gasteiger partial charge in [0.15, 0.2) is 5.96 Å². The maximum atomic E-state index is 5.94. The number of piperidine rings is 1. The average molecular weight is 505 g/mol. The minimum atomic E-state index is 0. The van der Waals surface area contributed by atoms with Crippen molar-refractivity contribution in [3.8, 4) is 5.75 Å². The van der Waals surface area contributed by atoms with Gasteiger partial charge in [-0.3, -0.25) is 4.99 Å². The Morgan fingerprint density at radius 2 is 1.86 bits per heavy atom. The zero-order valence-electron chi connectivity index (χ0n) is 17.6. The second kappa shape index (κ2) is 14.0. The zero-order chi connectivity index (χ0) is 19.5. The summed E-state index contributed by atoms with van der Waals surface area (Å²) in [7, 11) is 3.57. The van der Waals surface area contributed by atoms with Gasteiger partial charge in [0, 0.05) is 47.0 Å². The third-order valence-electron chi connectivity index (χ3n) is 4.55. The second-order valence-corrected chi connectivity index (χ2v) is 7.11. The molecule has 0 unspecified atom stereocenters. The van der Waals surface area contributed by atoms with Crippen molar-refractivity contribution in [1.82, 2.24) is 10.2 Å². The molecule has 1 saturated heterocycles. The number of halogens is 1. The number of likely N-dealkylation sites (tertiary alicyclic amines) is 1. The molecule has 1 aliphatic heterocycles. The lowest BCUT2D eigenvalue weighted by molar-refractivity contribution is 0.00989. The van der Waals surface area contributed by atoms with Crippen molar-refractivity contribution in [3.63, 3.8) is 0 Å². The molecular formula is C21H36IN3O3. The molecule has 160 valence electrons. The van der Waals surface area contributed by atoms with Gasteiger partial charge in [0.2, 0.25) is 0 Å². The maximum Gasteiger partial charge on any atom is 0.193 e. The third kappa shape index (κ3) is 8.96. The van der Waals surface area contributed by atoms with Crippen LogP contribution in [-0.2, 0) is 16.0 Å². The van der Waals surface area contributed by atoms with Gasteiger partial charge in [-0.2, -0.15) is 0 Å². The van der Waals surface area contributed by atoms with Crippen LogP contribution in [0.2, 0.25) is 0 Å². The van der Waals surface area contributed by atoms with Gasteiger partial charge in [-0.05, 0) is 50.8 Å². The largest absolute Gasteiger partial charge is 0.491 e. The first-order chi connectivity index (χ1) is 13.1. The van der Waals surface area contributed by atoms with E-state index in [4.69, 9.17) is 14.2 Å². The van der Waals surface area contributed by atoms with Gasteiger partial charge >= 0.3 is 0 Å². The standard InChI is InChI=1S/C21H35N3O3.HI/c1-17(2)27-20-8-6-18(7-9-20)16-23-21(22-3)24-12-10-19(11-13-24)26-15-5-14-25-4;/h6-9,17,19H,5,10-16H2,1-4H3,(H,22,23);1H. The molecule has 0 aromatic heterocycles.